The second kappa shape index (κ2) is 9.54. The molecule has 10 heteroatoms. The molecule has 6 nitrogen and oxygen atoms in total. The van der Waals surface area contributed by atoms with Gasteiger partial charge in [0.2, 0.25) is 10.1 Å². The van der Waals surface area contributed by atoms with Gasteiger partial charge in [0, 0.05) is 5.56 Å². The number of carbonyl (C=O) groups is 1. The van der Waals surface area contributed by atoms with Crippen molar-refractivity contribution >= 4 is 22.4 Å². The van der Waals surface area contributed by atoms with Gasteiger partial charge in [-0.15, -0.1) is 10.2 Å². The average Bonchev–Trinajstić information content (AvgIpc) is 3.10. The van der Waals surface area contributed by atoms with Crippen molar-refractivity contribution in [3.05, 3.63) is 28.8 Å². The lowest BCUT2D eigenvalue weighted by molar-refractivity contribution is -0.138. The summed E-state index contributed by atoms with van der Waals surface area (Å²) >= 11 is 0.258. The number of amides is 1. The number of methoxy groups -OCH3 is 1. The average molecular weight is 403 g/mol. The summed E-state index contributed by atoms with van der Waals surface area (Å²) in [7, 11) is 1.45. The maximum absolute atomic E-state index is 12.5. The van der Waals surface area contributed by atoms with E-state index in [9.17, 15) is 18.0 Å². The number of hydrogen-bond acceptors (Lipinski definition) is 6. The summed E-state index contributed by atoms with van der Waals surface area (Å²) in [4.78, 5) is 12.2. The monoisotopic (exact) mass is 403 g/mol. The number of ether oxygens (including phenoxy) is 2. The highest BCUT2D eigenvalue weighted by atomic mass is 32.1. The fourth-order valence-corrected chi connectivity index (χ4v) is 2.80. The van der Waals surface area contributed by atoms with Crippen molar-refractivity contribution < 1.29 is 27.4 Å². The summed E-state index contributed by atoms with van der Waals surface area (Å²) in [6, 6.07) is 4.56. The molecule has 0 spiro atoms. The van der Waals surface area contributed by atoms with Crippen LogP contribution in [0, 0.1) is 0 Å². The topological polar surface area (TPSA) is 73.3 Å². The van der Waals surface area contributed by atoms with E-state index in [1.165, 1.54) is 19.2 Å². The Balaban J connectivity index is 2.01. The van der Waals surface area contributed by atoms with E-state index in [1.807, 2.05) is 0 Å². The molecule has 0 saturated carbocycles. The zero-order chi connectivity index (χ0) is 19.9. The smallest absolute Gasteiger partial charge is 0.445 e. The van der Waals surface area contributed by atoms with E-state index in [2.05, 4.69) is 22.4 Å². The number of rotatable bonds is 9. The van der Waals surface area contributed by atoms with Crippen LogP contribution in [-0.2, 0) is 6.18 Å². The van der Waals surface area contributed by atoms with Crippen LogP contribution in [-0.4, -0.2) is 29.8 Å². The number of anilines is 1. The lowest BCUT2D eigenvalue weighted by Crippen LogP contribution is -2.12. The standard InChI is InChI=1S/C17H20F3N3O3S/c1-3-4-5-6-9-26-12-8-7-11(10-13(12)25-2)14(24)21-16-23-22-15(27-16)17(18,19)20/h7-8,10H,3-6,9H2,1-2H3,(H,21,23,24). The predicted octanol–water partition coefficient (Wildman–Crippen LogP) is 4.78. The molecule has 0 unspecified atom stereocenters. The lowest BCUT2D eigenvalue weighted by atomic mass is 10.2. The van der Waals surface area contributed by atoms with Crippen molar-refractivity contribution in [2.75, 3.05) is 19.0 Å². The molecule has 0 bridgehead atoms. The number of aromatic nitrogens is 2. The van der Waals surface area contributed by atoms with E-state index in [-0.39, 0.29) is 22.0 Å². The Morgan fingerprint density at radius 2 is 1.96 bits per heavy atom. The van der Waals surface area contributed by atoms with Crippen LogP contribution in [0.3, 0.4) is 0 Å². The summed E-state index contributed by atoms with van der Waals surface area (Å²) in [5.41, 5.74) is 0.203. The quantitative estimate of drug-likeness (QED) is 0.610. The minimum Gasteiger partial charge on any atom is -0.493 e. The van der Waals surface area contributed by atoms with Crippen molar-refractivity contribution in [2.24, 2.45) is 0 Å². The van der Waals surface area contributed by atoms with E-state index in [0.717, 1.165) is 25.7 Å². The molecule has 0 saturated heterocycles. The van der Waals surface area contributed by atoms with E-state index >= 15 is 0 Å². The number of nitrogens with one attached hydrogen (secondary N) is 1. The number of hydrogen-bond donors (Lipinski definition) is 1. The van der Waals surface area contributed by atoms with Gasteiger partial charge in [0.1, 0.15) is 0 Å². The zero-order valence-corrected chi connectivity index (χ0v) is 15.7. The number of halogens is 3. The Morgan fingerprint density at radius 1 is 1.19 bits per heavy atom. The Labute approximate surface area is 158 Å². The van der Waals surface area contributed by atoms with E-state index < -0.39 is 17.1 Å². The van der Waals surface area contributed by atoms with Crippen molar-refractivity contribution in [3.63, 3.8) is 0 Å². The van der Waals surface area contributed by atoms with E-state index in [0.29, 0.717) is 18.1 Å². The van der Waals surface area contributed by atoms with Crippen molar-refractivity contribution in [3.8, 4) is 11.5 Å². The number of carbonyl (C=O) groups excluding carboxylic acids is 1. The molecular formula is C17H20F3N3O3S. The fraction of sp³-hybridized carbons (Fsp3) is 0.471. The molecule has 0 fully saturated rings. The van der Waals surface area contributed by atoms with E-state index in [4.69, 9.17) is 9.47 Å². The summed E-state index contributed by atoms with van der Waals surface area (Å²) in [5, 5.41) is 7.30. The van der Waals surface area contributed by atoms with Crippen LogP contribution >= 0.6 is 11.3 Å². The zero-order valence-electron chi connectivity index (χ0n) is 14.9. The first-order valence-corrected chi connectivity index (χ1v) is 9.19. The van der Waals surface area contributed by atoms with Crippen molar-refractivity contribution in [1.29, 1.82) is 0 Å². The highest BCUT2D eigenvalue weighted by molar-refractivity contribution is 7.15. The van der Waals surface area contributed by atoms with Gasteiger partial charge in [0.05, 0.1) is 13.7 Å². The third-order valence-corrected chi connectivity index (χ3v) is 4.45. The molecule has 0 atom stereocenters. The third kappa shape index (κ3) is 6.09. The first kappa shape index (κ1) is 20.9. The Morgan fingerprint density at radius 3 is 2.59 bits per heavy atom. The molecule has 148 valence electrons. The van der Waals surface area contributed by atoms with Crippen LogP contribution in [0.4, 0.5) is 18.3 Å². The van der Waals surface area contributed by atoms with Crippen LogP contribution in [0.5, 0.6) is 11.5 Å². The van der Waals surface area contributed by atoms with E-state index in [1.54, 1.807) is 6.07 Å². The van der Waals surface area contributed by atoms with Crippen LogP contribution in [0.1, 0.15) is 48.0 Å². The minimum atomic E-state index is -4.60. The molecule has 0 aliphatic carbocycles. The first-order valence-electron chi connectivity index (χ1n) is 8.38. The molecule has 2 rings (SSSR count). The van der Waals surface area contributed by atoms with Crippen molar-refractivity contribution in [2.45, 2.75) is 38.8 Å². The number of benzene rings is 1. The van der Waals surface area contributed by atoms with Gasteiger partial charge in [-0.05, 0) is 24.6 Å². The summed E-state index contributed by atoms with van der Waals surface area (Å²) < 4.78 is 48.5. The van der Waals surface area contributed by atoms with Gasteiger partial charge < -0.3 is 9.47 Å². The Kier molecular flexibility index (Phi) is 7.40. The van der Waals surface area contributed by atoms with Gasteiger partial charge in [-0.1, -0.05) is 37.5 Å². The molecule has 0 aliphatic heterocycles. The highest BCUT2D eigenvalue weighted by Crippen LogP contribution is 2.33. The summed E-state index contributed by atoms with van der Waals surface area (Å²) in [6.45, 7) is 2.66. The Bertz CT molecular complexity index is 765. The molecule has 1 aromatic carbocycles. The molecule has 2 aromatic rings. The largest absolute Gasteiger partial charge is 0.493 e. The van der Waals surface area contributed by atoms with Gasteiger partial charge in [-0.3, -0.25) is 10.1 Å². The van der Waals surface area contributed by atoms with Gasteiger partial charge in [-0.2, -0.15) is 13.2 Å². The molecule has 27 heavy (non-hydrogen) atoms. The second-order valence-electron chi connectivity index (χ2n) is 5.64. The van der Waals surface area contributed by atoms with Crippen molar-refractivity contribution in [1.82, 2.24) is 10.2 Å². The summed E-state index contributed by atoms with van der Waals surface area (Å²) in [6.07, 6.45) is -0.341. The normalized spacial score (nSPS) is 11.3. The first-order chi connectivity index (χ1) is 12.8. The molecule has 1 aromatic heterocycles. The molecule has 0 radical (unpaired) electrons. The molecule has 1 N–H and O–H groups in total. The fourth-order valence-electron chi connectivity index (χ4n) is 2.20. The number of alkyl halides is 3. The van der Waals surface area contributed by atoms with Gasteiger partial charge in [0.25, 0.3) is 5.91 Å². The lowest BCUT2D eigenvalue weighted by Gasteiger charge is -2.12. The van der Waals surface area contributed by atoms with Gasteiger partial charge in [0.15, 0.2) is 11.5 Å². The maximum Gasteiger partial charge on any atom is 0.445 e. The van der Waals surface area contributed by atoms with Gasteiger partial charge >= 0.3 is 6.18 Å². The number of unbranched alkanes of at least 4 members (excludes halogenated alkanes) is 3. The molecule has 1 heterocycles. The number of nitrogens with zero attached hydrogens (tertiary/aromatic N) is 2. The summed E-state index contributed by atoms with van der Waals surface area (Å²) in [5.74, 6) is 0.250. The van der Waals surface area contributed by atoms with Crippen LogP contribution in [0.15, 0.2) is 18.2 Å². The molecular weight excluding hydrogens is 383 g/mol. The van der Waals surface area contributed by atoms with Gasteiger partial charge in [-0.25, -0.2) is 0 Å². The maximum atomic E-state index is 12.5. The minimum absolute atomic E-state index is 0.203. The predicted molar refractivity (Wildman–Crippen MR) is 95.5 cm³/mol. The molecule has 0 aliphatic rings. The molecule has 1 amide bonds. The van der Waals surface area contributed by atoms with Crippen LogP contribution in [0.25, 0.3) is 0 Å². The van der Waals surface area contributed by atoms with Crippen LogP contribution in [0.2, 0.25) is 0 Å². The van der Waals surface area contributed by atoms with Crippen LogP contribution < -0.4 is 14.8 Å². The highest BCUT2D eigenvalue weighted by Gasteiger charge is 2.35. The SMILES string of the molecule is CCCCCCOc1ccc(C(=O)Nc2nnc(C(F)(F)F)s2)cc1OC. The second-order valence-corrected chi connectivity index (χ2v) is 6.62. The Hall–Kier alpha value is -2.36. The third-order valence-electron chi connectivity index (χ3n) is 3.57.